The normalized spacial score (nSPS) is 21.7. The van der Waals surface area contributed by atoms with Crippen LogP contribution >= 0.6 is 63.7 Å². The molecule has 0 aliphatic carbocycles. The lowest BCUT2D eigenvalue weighted by molar-refractivity contribution is -0.182. The van der Waals surface area contributed by atoms with Crippen molar-refractivity contribution in [3.05, 3.63) is 12.2 Å². The van der Waals surface area contributed by atoms with Gasteiger partial charge in [0.15, 0.2) is 0 Å². The molecule has 0 N–H and O–H groups in total. The molecule has 2 aliphatic rings. The molecule has 0 spiro atoms. The molecule has 2 aliphatic heterocycles. The number of carbonyl (C=O) groups excluding carboxylic acids is 7. The van der Waals surface area contributed by atoms with Crippen molar-refractivity contribution in [3.63, 3.8) is 0 Å². The fourth-order valence-corrected chi connectivity index (χ4v) is 6.34. The highest BCUT2D eigenvalue weighted by atomic mass is 79.9. The third kappa shape index (κ3) is 17.1. The average Bonchev–Trinajstić information content (AvgIpc) is 3.75. The second kappa shape index (κ2) is 22.5. The fraction of sp³-hybridized carbons (Fsp3) is 0.786. The lowest BCUT2D eigenvalue weighted by atomic mass is 9.83. The Morgan fingerprint density at radius 3 is 1.24 bits per heavy atom. The summed E-state index contributed by atoms with van der Waals surface area (Å²) < 4.78 is 42.5. The summed E-state index contributed by atoms with van der Waals surface area (Å²) in [6, 6.07) is 0. The van der Waals surface area contributed by atoms with Gasteiger partial charge in [-0.3, -0.25) is 38.5 Å². The molecule has 1 saturated heterocycles. The second-order valence-electron chi connectivity index (χ2n) is 19.0. The maximum absolute atomic E-state index is 14.0. The van der Waals surface area contributed by atoms with Crippen LogP contribution in [-0.2, 0) is 71.5 Å². The third-order valence-corrected chi connectivity index (χ3v) is 10.9. The summed E-state index contributed by atoms with van der Waals surface area (Å²) in [6.07, 6.45) is 3.29. The van der Waals surface area contributed by atoms with Crippen molar-refractivity contribution in [2.24, 2.45) is 28.1 Å². The number of hydrogen-bond donors (Lipinski definition) is 0. The van der Waals surface area contributed by atoms with E-state index in [1.54, 1.807) is 33.8 Å². The van der Waals surface area contributed by atoms with Crippen LogP contribution < -0.4 is 0 Å². The van der Waals surface area contributed by atoms with Crippen LogP contribution in [0.15, 0.2) is 12.2 Å². The van der Waals surface area contributed by atoms with Gasteiger partial charge in [-0.25, -0.2) is 0 Å². The molecule has 1 fully saturated rings. The van der Waals surface area contributed by atoms with E-state index in [2.05, 4.69) is 63.7 Å². The van der Waals surface area contributed by atoms with E-state index >= 15 is 0 Å². The molecule has 16 nitrogen and oxygen atoms in total. The van der Waals surface area contributed by atoms with E-state index in [1.165, 1.54) is 20.8 Å². The van der Waals surface area contributed by atoms with Gasteiger partial charge in [-0.1, -0.05) is 82.8 Å². The number of fused-ring (bicyclic) bond motifs is 2. The van der Waals surface area contributed by atoms with Gasteiger partial charge in [-0.2, -0.15) is 0 Å². The predicted octanol–water partition coefficient (Wildman–Crippen LogP) is 6.02. The monoisotopic (exact) mass is 1140 g/mol. The number of halogens is 4. The standard InChI is InChI=1S/C42H63Br4NO15/c1-26-27-13-14-28(62-27)29(26)30(49)47(25-48)15-16-57-33(52)42(12,23-60-34(53)40(10,19-55-17-36(2,3)43)21-58-31(50)38(6,7)45)24-61-35(54)41(11,20-56-18-37(4,5)44)22-59-32(51)39(8,9)46/h13-14,25-29H,15-24H2,1-12H3/t26-,27?,28?,29?,40?,41?,42?/m0/s1. The zero-order valence-electron chi connectivity index (χ0n) is 37.7. The molecule has 354 valence electrons. The van der Waals surface area contributed by atoms with E-state index in [0.717, 1.165) is 4.90 Å². The molecule has 2 rings (SSSR count). The van der Waals surface area contributed by atoms with Crippen LogP contribution in [0.25, 0.3) is 0 Å². The summed E-state index contributed by atoms with van der Waals surface area (Å²) in [5.41, 5.74) is -5.07. The van der Waals surface area contributed by atoms with E-state index in [4.69, 9.17) is 37.9 Å². The smallest absolute Gasteiger partial charge is 0.322 e. The van der Waals surface area contributed by atoms with Crippen LogP contribution in [-0.4, -0.2) is 143 Å². The maximum atomic E-state index is 14.0. The summed E-state index contributed by atoms with van der Waals surface area (Å²) in [5.74, 6) is -5.42. The Labute approximate surface area is 398 Å². The molecule has 0 radical (unpaired) electrons. The summed E-state index contributed by atoms with van der Waals surface area (Å²) in [4.78, 5) is 93.7. The van der Waals surface area contributed by atoms with Crippen molar-refractivity contribution in [3.8, 4) is 0 Å². The largest absolute Gasteiger partial charge is 0.464 e. The fourth-order valence-electron chi connectivity index (χ4n) is 5.79. The van der Waals surface area contributed by atoms with E-state index in [9.17, 15) is 33.6 Å². The van der Waals surface area contributed by atoms with Gasteiger partial charge in [-0.05, 0) is 76.2 Å². The average molecular weight is 1140 g/mol. The molecule has 20 heteroatoms. The summed E-state index contributed by atoms with van der Waals surface area (Å²) in [5, 5.41) is 0. The van der Waals surface area contributed by atoms with Crippen LogP contribution in [0.5, 0.6) is 0 Å². The number of rotatable bonds is 26. The first-order valence-corrected chi connectivity index (χ1v) is 23.2. The highest BCUT2D eigenvalue weighted by Crippen LogP contribution is 2.39. The Morgan fingerprint density at radius 2 is 0.903 bits per heavy atom. The van der Waals surface area contributed by atoms with Gasteiger partial charge in [-0.15, -0.1) is 0 Å². The SMILES string of the molecule is C[C@H]1C2C=CC(O2)C1C(=O)N(C=O)CCOC(=O)C(C)(COC(=O)C(C)(COCC(C)(C)Br)COC(=O)C(C)(C)Br)COC(=O)C(C)(COCC(C)(C)Br)COC(=O)C(C)(C)Br. The van der Waals surface area contributed by atoms with Crippen molar-refractivity contribution < 1.29 is 71.5 Å². The first-order chi connectivity index (χ1) is 28.2. The van der Waals surface area contributed by atoms with Crippen molar-refractivity contribution in [1.82, 2.24) is 4.90 Å². The van der Waals surface area contributed by atoms with Gasteiger partial charge in [0.2, 0.25) is 12.3 Å². The maximum Gasteiger partial charge on any atom is 0.322 e. The van der Waals surface area contributed by atoms with Crippen LogP contribution in [0.3, 0.4) is 0 Å². The van der Waals surface area contributed by atoms with Crippen LogP contribution in [0.4, 0.5) is 0 Å². The van der Waals surface area contributed by atoms with Gasteiger partial charge >= 0.3 is 29.8 Å². The summed E-state index contributed by atoms with van der Waals surface area (Å²) >= 11 is 13.5. The number of amides is 2. The number of imide groups is 1. The second-order valence-corrected chi connectivity index (χ2v) is 27.2. The van der Waals surface area contributed by atoms with Gasteiger partial charge in [0.05, 0.1) is 51.1 Å². The van der Waals surface area contributed by atoms with Gasteiger partial charge in [0.25, 0.3) is 0 Å². The van der Waals surface area contributed by atoms with Crippen LogP contribution in [0.1, 0.15) is 83.1 Å². The quantitative estimate of drug-likeness (QED) is 0.0320. The van der Waals surface area contributed by atoms with Crippen molar-refractivity contribution >= 4 is 106 Å². The first-order valence-electron chi connectivity index (χ1n) is 20.0. The minimum Gasteiger partial charge on any atom is -0.464 e. The van der Waals surface area contributed by atoms with Crippen LogP contribution in [0.2, 0.25) is 0 Å². The number of carbonyl (C=O) groups is 7. The zero-order chi connectivity index (χ0) is 47.7. The number of alkyl halides is 4. The van der Waals surface area contributed by atoms with E-state index in [0.29, 0.717) is 6.41 Å². The molecule has 0 aromatic rings. The molecule has 0 aromatic carbocycles. The van der Waals surface area contributed by atoms with Crippen molar-refractivity contribution in [2.45, 2.75) is 113 Å². The topological polar surface area (TPSA) is 197 Å². The molecule has 62 heavy (non-hydrogen) atoms. The van der Waals surface area contributed by atoms with Crippen LogP contribution in [0, 0.1) is 28.1 Å². The number of esters is 5. The minimum atomic E-state index is -1.90. The van der Waals surface area contributed by atoms with E-state index < -0.39 is 114 Å². The first kappa shape index (κ1) is 56.2. The molecule has 6 atom stereocenters. The highest BCUT2D eigenvalue weighted by molar-refractivity contribution is 9.10. The van der Waals surface area contributed by atoms with E-state index in [1.807, 2.05) is 40.7 Å². The van der Waals surface area contributed by atoms with Gasteiger partial charge in [0, 0.05) is 14.6 Å². The molecule has 0 saturated carbocycles. The Balaban J connectivity index is 2.40. The summed E-state index contributed by atoms with van der Waals surface area (Å²) in [6.45, 7) is 16.6. The Morgan fingerprint density at radius 1 is 0.548 bits per heavy atom. The highest BCUT2D eigenvalue weighted by Gasteiger charge is 2.49. The lowest BCUT2D eigenvalue weighted by Crippen LogP contribution is -2.47. The Hall–Kier alpha value is -1.97. The molecule has 5 unspecified atom stereocenters. The number of ether oxygens (including phenoxy) is 8. The predicted molar refractivity (Wildman–Crippen MR) is 241 cm³/mol. The van der Waals surface area contributed by atoms with Crippen molar-refractivity contribution in [1.29, 1.82) is 0 Å². The van der Waals surface area contributed by atoms with Gasteiger partial charge in [0.1, 0.15) is 57.9 Å². The molecule has 2 amide bonds. The van der Waals surface area contributed by atoms with E-state index in [-0.39, 0.29) is 45.0 Å². The molecular weight excluding hydrogens is 1080 g/mol. The molecular formula is C42H63Br4NO15. The van der Waals surface area contributed by atoms with Gasteiger partial charge < -0.3 is 37.9 Å². The summed E-state index contributed by atoms with van der Waals surface area (Å²) in [7, 11) is 0. The number of nitrogens with zero attached hydrogens (tertiary/aromatic N) is 1. The zero-order valence-corrected chi connectivity index (χ0v) is 44.0. The Bertz CT molecular complexity index is 1570. The molecule has 0 aromatic heterocycles. The Kier molecular flexibility index (Phi) is 20.4. The molecule has 2 heterocycles. The number of hydrogen-bond acceptors (Lipinski definition) is 15. The molecule has 2 bridgehead atoms. The minimum absolute atomic E-state index is 0.163. The lowest BCUT2D eigenvalue weighted by Gasteiger charge is -2.33. The third-order valence-electron chi connectivity index (χ3n) is 9.77. The van der Waals surface area contributed by atoms with Crippen molar-refractivity contribution in [2.75, 3.05) is 66.0 Å².